The van der Waals surface area contributed by atoms with Crippen LogP contribution in [0.15, 0.2) is 40.9 Å². The molecule has 1 aromatic carbocycles. The first-order chi connectivity index (χ1) is 10.6. The lowest BCUT2D eigenvalue weighted by Crippen LogP contribution is -2.39. The van der Waals surface area contributed by atoms with Crippen LogP contribution >= 0.6 is 15.9 Å². The lowest BCUT2D eigenvalue weighted by molar-refractivity contribution is -0.126. The molecule has 4 unspecified atom stereocenters. The van der Waals surface area contributed by atoms with E-state index >= 15 is 0 Å². The van der Waals surface area contributed by atoms with E-state index < -0.39 is 0 Å². The van der Waals surface area contributed by atoms with Gasteiger partial charge in [0.25, 0.3) is 0 Å². The highest BCUT2D eigenvalue weighted by Gasteiger charge is 2.67. The zero-order chi connectivity index (χ0) is 15.5. The average molecular weight is 360 g/mol. The lowest BCUT2D eigenvalue weighted by Gasteiger charge is -2.27. The van der Waals surface area contributed by atoms with Crippen LogP contribution in [0.5, 0.6) is 0 Å². The van der Waals surface area contributed by atoms with Crippen LogP contribution in [-0.4, -0.2) is 12.3 Å². The van der Waals surface area contributed by atoms with Gasteiger partial charge < -0.3 is 0 Å². The number of carbonyl (C=O) groups is 2. The monoisotopic (exact) mass is 359 g/mol. The molecule has 4 atom stereocenters. The number of anilines is 1. The number of allylic oxidation sites excluding steroid dienone is 2. The number of amides is 2. The molecule has 0 saturated heterocycles. The van der Waals surface area contributed by atoms with Crippen molar-refractivity contribution in [3.8, 4) is 0 Å². The topological polar surface area (TPSA) is 37.4 Å². The first-order valence-electron chi connectivity index (χ1n) is 7.81. The maximum Gasteiger partial charge on any atom is 0.237 e. The zero-order valence-corrected chi connectivity index (χ0v) is 14.0. The van der Waals surface area contributed by atoms with Crippen molar-refractivity contribution in [2.75, 3.05) is 4.90 Å². The summed E-state index contributed by atoms with van der Waals surface area (Å²) >= 11 is 3.38. The van der Waals surface area contributed by atoms with Crippen molar-refractivity contribution < 1.29 is 9.59 Å². The van der Waals surface area contributed by atoms with E-state index in [1.54, 1.807) is 12.1 Å². The number of benzene rings is 1. The molecule has 0 radical (unpaired) electrons. The molecular weight excluding hydrogens is 342 g/mol. The number of rotatable bonds is 3. The molecule has 2 fully saturated rings. The number of carbonyl (C=O) groups excluding carboxylic acids is 2. The minimum atomic E-state index is -0.0636. The maximum atomic E-state index is 13.0. The fraction of sp³-hybridized carbons (Fsp3) is 0.444. The number of hydrogen-bond donors (Lipinski definition) is 0. The van der Waals surface area contributed by atoms with Crippen LogP contribution in [-0.2, 0) is 9.59 Å². The molecule has 0 heterocycles. The lowest BCUT2D eigenvalue weighted by atomic mass is 9.83. The van der Waals surface area contributed by atoms with Crippen LogP contribution in [0.1, 0.15) is 19.8 Å². The third-order valence-corrected chi connectivity index (χ3v) is 6.46. The zero-order valence-electron chi connectivity index (χ0n) is 12.4. The SMILES string of the molecule is CC1C(C(=O)N(C=O)c2ccc(Br)cc2)C2C=CC1C21CC1. The van der Waals surface area contributed by atoms with Crippen molar-refractivity contribution in [2.45, 2.75) is 19.8 Å². The first kappa shape index (κ1) is 14.2. The summed E-state index contributed by atoms with van der Waals surface area (Å²) < 4.78 is 0.933. The Labute approximate surface area is 138 Å². The van der Waals surface area contributed by atoms with Crippen LogP contribution in [0.4, 0.5) is 5.69 Å². The van der Waals surface area contributed by atoms with E-state index in [9.17, 15) is 9.59 Å². The summed E-state index contributed by atoms with van der Waals surface area (Å²) in [5, 5.41) is 0. The minimum absolute atomic E-state index is 0.0482. The maximum absolute atomic E-state index is 13.0. The quantitative estimate of drug-likeness (QED) is 0.608. The van der Waals surface area contributed by atoms with Crippen molar-refractivity contribution >= 4 is 33.9 Å². The highest BCUT2D eigenvalue weighted by Crippen LogP contribution is 2.72. The van der Waals surface area contributed by atoms with Crippen LogP contribution in [0.3, 0.4) is 0 Å². The third kappa shape index (κ3) is 1.79. The van der Waals surface area contributed by atoms with E-state index in [0.717, 1.165) is 4.47 Å². The highest BCUT2D eigenvalue weighted by molar-refractivity contribution is 9.10. The summed E-state index contributed by atoms with van der Waals surface area (Å²) in [5.74, 6) is 1.05. The molecule has 3 aliphatic carbocycles. The van der Waals surface area contributed by atoms with Crippen LogP contribution in [0, 0.1) is 29.1 Å². The summed E-state index contributed by atoms with van der Waals surface area (Å²) in [6.45, 7) is 2.17. The highest BCUT2D eigenvalue weighted by atomic mass is 79.9. The number of hydrogen-bond acceptors (Lipinski definition) is 2. The van der Waals surface area contributed by atoms with Gasteiger partial charge in [0.05, 0.1) is 5.69 Å². The van der Waals surface area contributed by atoms with Gasteiger partial charge in [0.15, 0.2) is 0 Å². The Morgan fingerprint density at radius 2 is 1.86 bits per heavy atom. The van der Waals surface area contributed by atoms with E-state index in [2.05, 4.69) is 35.0 Å². The Morgan fingerprint density at radius 3 is 2.41 bits per heavy atom. The van der Waals surface area contributed by atoms with Gasteiger partial charge in [-0.05, 0) is 60.3 Å². The Bertz CT molecular complexity index is 662. The molecule has 0 N–H and O–H groups in total. The summed E-state index contributed by atoms with van der Waals surface area (Å²) in [5.41, 5.74) is 0.987. The molecule has 4 rings (SSSR count). The van der Waals surface area contributed by atoms with Gasteiger partial charge in [-0.2, -0.15) is 0 Å². The molecule has 3 nitrogen and oxygen atoms in total. The molecule has 0 aliphatic heterocycles. The molecule has 4 heteroatoms. The van der Waals surface area contributed by atoms with Gasteiger partial charge in [-0.1, -0.05) is 35.0 Å². The molecule has 1 aromatic rings. The standard InChI is InChI=1S/C18H18BrNO2/c1-11-14-6-7-15(18(14)8-9-18)16(11)17(22)20(10-21)13-4-2-12(19)3-5-13/h2-7,10-11,14-16H,8-9H2,1H3. The van der Waals surface area contributed by atoms with Gasteiger partial charge in [-0.15, -0.1) is 0 Å². The van der Waals surface area contributed by atoms with E-state index in [-0.39, 0.29) is 11.8 Å². The van der Waals surface area contributed by atoms with Crippen molar-refractivity contribution in [1.29, 1.82) is 0 Å². The van der Waals surface area contributed by atoms with E-state index in [1.165, 1.54) is 17.7 Å². The minimum Gasteiger partial charge on any atom is -0.278 e. The van der Waals surface area contributed by atoms with Gasteiger partial charge in [0.2, 0.25) is 12.3 Å². The molecule has 0 aromatic heterocycles. The fourth-order valence-electron chi connectivity index (χ4n) is 4.76. The smallest absolute Gasteiger partial charge is 0.237 e. The number of halogens is 1. The van der Waals surface area contributed by atoms with Crippen molar-refractivity contribution in [1.82, 2.24) is 0 Å². The summed E-state index contributed by atoms with van der Waals surface area (Å²) in [6.07, 6.45) is 7.64. The number of nitrogens with zero attached hydrogens (tertiary/aromatic N) is 1. The molecule has 2 saturated carbocycles. The largest absolute Gasteiger partial charge is 0.278 e. The average Bonchev–Trinajstić information content (AvgIpc) is 3.17. The van der Waals surface area contributed by atoms with Crippen molar-refractivity contribution in [3.05, 3.63) is 40.9 Å². The van der Waals surface area contributed by atoms with Crippen molar-refractivity contribution in [2.24, 2.45) is 29.1 Å². The van der Waals surface area contributed by atoms with Gasteiger partial charge in [-0.25, -0.2) is 0 Å². The van der Waals surface area contributed by atoms with Crippen LogP contribution < -0.4 is 4.90 Å². The molecule has 2 amide bonds. The fourth-order valence-corrected chi connectivity index (χ4v) is 5.03. The molecular formula is C18H18BrNO2. The Morgan fingerprint density at radius 1 is 1.23 bits per heavy atom. The summed E-state index contributed by atoms with van der Waals surface area (Å²) in [4.78, 5) is 25.9. The third-order valence-electron chi connectivity index (χ3n) is 5.93. The Kier molecular flexibility index (Phi) is 3.09. The van der Waals surface area contributed by atoms with Gasteiger partial charge in [0, 0.05) is 10.4 Å². The molecule has 1 spiro atoms. The van der Waals surface area contributed by atoms with Gasteiger partial charge in [-0.3, -0.25) is 14.5 Å². The second kappa shape index (κ2) is 4.79. The molecule has 3 aliphatic rings. The summed E-state index contributed by atoms with van der Waals surface area (Å²) in [6, 6.07) is 7.31. The molecule has 2 bridgehead atoms. The second-order valence-electron chi connectivity index (χ2n) is 6.84. The normalized spacial score (nSPS) is 33.2. The van der Waals surface area contributed by atoms with E-state index in [4.69, 9.17) is 0 Å². The van der Waals surface area contributed by atoms with Crippen LogP contribution in [0.25, 0.3) is 0 Å². The van der Waals surface area contributed by atoms with Gasteiger partial charge in [0.1, 0.15) is 0 Å². The van der Waals surface area contributed by atoms with Crippen molar-refractivity contribution in [3.63, 3.8) is 0 Å². The van der Waals surface area contributed by atoms with Gasteiger partial charge >= 0.3 is 0 Å². The molecule has 114 valence electrons. The predicted molar refractivity (Wildman–Crippen MR) is 88.1 cm³/mol. The van der Waals surface area contributed by atoms with E-state index in [0.29, 0.717) is 35.3 Å². The Balaban J connectivity index is 1.64. The Hall–Kier alpha value is -1.42. The van der Waals surface area contributed by atoms with E-state index in [1.807, 2.05) is 12.1 Å². The van der Waals surface area contributed by atoms with Crippen LogP contribution in [0.2, 0.25) is 0 Å². The summed E-state index contributed by atoms with van der Waals surface area (Å²) in [7, 11) is 0. The predicted octanol–water partition coefficient (Wildman–Crippen LogP) is 3.79. The first-order valence-corrected chi connectivity index (χ1v) is 8.60. The second-order valence-corrected chi connectivity index (χ2v) is 7.76. The number of imide groups is 1. The molecule has 22 heavy (non-hydrogen) atoms.